The molecule has 1 fully saturated rings. The highest BCUT2D eigenvalue weighted by molar-refractivity contribution is 5.75. The number of carbonyl (C=O) groups is 1. The lowest BCUT2D eigenvalue weighted by Crippen LogP contribution is -2.48. The molecule has 1 atom stereocenters. The highest BCUT2D eigenvalue weighted by Crippen LogP contribution is 2.30. The van der Waals surface area contributed by atoms with Crippen molar-refractivity contribution in [2.75, 3.05) is 0 Å². The van der Waals surface area contributed by atoms with Gasteiger partial charge in [0, 0.05) is 36.4 Å². The number of aromatic nitrogens is 2. The van der Waals surface area contributed by atoms with Crippen LogP contribution in [-0.2, 0) is 13.1 Å². The molecule has 124 valence electrons. The zero-order chi connectivity index (χ0) is 16.4. The lowest BCUT2D eigenvalue weighted by atomic mass is 10.0. The summed E-state index contributed by atoms with van der Waals surface area (Å²) >= 11 is 0. The van der Waals surface area contributed by atoms with Crippen LogP contribution in [0, 0.1) is 19.8 Å². The fraction of sp³-hybridized carbons (Fsp3) is 0.765. The van der Waals surface area contributed by atoms with Crippen LogP contribution in [0.1, 0.15) is 57.5 Å². The van der Waals surface area contributed by atoms with Crippen LogP contribution in [0.25, 0.3) is 0 Å². The molecule has 1 N–H and O–H groups in total. The smallest absolute Gasteiger partial charge is 0.318 e. The summed E-state index contributed by atoms with van der Waals surface area (Å²) in [4.78, 5) is 14.7. The second-order valence-electron chi connectivity index (χ2n) is 6.75. The monoisotopic (exact) mass is 306 g/mol. The van der Waals surface area contributed by atoms with Gasteiger partial charge in [0.15, 0.2) is 0 Å². The molecular weight excluding hydrogens is 276 g/mol. The number of amides is 2. The van der Waals surface area contributed by atoms with Gasteiger partial charge in [-0.25, -0.2) is 4.79 Å². The summed E-state index contributed by atoms with van der Waals surface area (Å²) in [5.41, 5.74) is 3.30. The van der Waals surface area contributed by atoms with Gasteiger partial charge in [0.05, 0.1) is 5.69 Å². The van der Waals surface area contributed by atoms with Crippen LogP contribution in [0.5, 0.6) is 0 Å². The van der Waals surface area contributed by atoms with Gasteiger partial charge in [-0.3, -0.25) is 4.68 Å². The van der Waals surface area contributed by atoms with Gasteiger partial charge < -0.3 is 10.2 Å². The minimum Gasteiger partial charge on any atom is -0.334 e. The molecule has 2 amide bonds. The van der Waals surface area contributed by atoms with E-state index in [2.05, 4.69) is 45.0 Å². The summed E-state index contributed by atoms with van der Waals surface area (Å²) in [6.07, 6.45) is 2.27. The molecular formula is C17H30N4O. The Labute approximate surface area is 134 Å². The molecule has 0 aliphatic heterocycles. The van der Waals surface area contributed by atoms with E-state index in [-0.39, 0.29) is 12.1 Å². The average molecular weight is 306 g/mol. The Morgan fingerprint density at radius 2 is 2.00 bits per heavy atom. The van der Waals surface area contributed by atoms with Gasteiger partial charge in [0.2, 0.25) is 0 Å². The maximum atomic E-state index is 12.6. The number of carbonyl (C=O) groups excluding carboxylic acids is 1. The van der Waals surface area contributed by atoms with E-state index < -0.39 is 0 Å². The summed E-state index contributed by atoms with van der Waals surface area (Å²) in [7, 11) is 0. The average Bonchev–Trinajstić information content (AvgIpc) is 3.24. The van der Waals surface area contributed by atoms with Gasteiger partial charge in [-0.15, -0.1) is 0 Å². The number of urea groups is 1. The topological polar surface area (TPSA) is 50.2 Å². The second kappa shape index (κ2) is 6.71. The fourth-order valence-corrected chi connectivity index (χ4v) is 2.91. The van der Waals surface area contributed by atoms with Crippen LogP contribution < -0.4 is 5.32 Å². The third kappa shape index (κ3) is 3.45. The largest absolute Gasteiger partial charge is 0.334 e. The van der Waals surface area contributed by atoms with Gasteiger partial charge in [-0.1, -0.05) is 13.8 Å². The first kappa shape index (κ1) is 16.8. The molecule has 2 rings (SSSR count). The van der Waals surface area contributed by atoms with Crippen LogP contribution in [0.3, 0.4) is 0 Å². The van der Waals surface area contributed by atoms with E-state index in [9.17, 15) is 4.79 Å². The molecule has 1 heterocycles. The standard InChI is InChI=1S/C17H30N4O/c1-7-20-14(6)16(12(4)19-20)10-18-17(22)21(15-8-9-15)13(5)11(2)3/h11,13,15H,7-10H2,1-6H3,(H,18,22)/t13-/m1/s1. The Hall–Kier alpha value is -1.52. The molecule has 0 aromatic carbocycles. The molecule has 0 spiro atoms. The van der Waals surface area contributed by atoms with Gasteiger partial charge >= 0.3 is 6.03 Å². The first-order valence-electron chi connectivity index (χ1n) is 8.45. The van der Waals surface area contributed by atoms with Crippen molar-refractivity contribution in [2.24, 2.45) is 5.92 Å². The Morgan fingerprint density at radius 3 is 2.45 bits per heavy atom. The number of aryl methyl sites for hydroxylation is 2. The SMILES string of the molecule is CCn1nc(C)c(CNC(=O)N(C2CC2)[C@H](C)C(C)C)c1C. The third-order valence-corrected chi connectivity index (χ3v) is 4.83. The number of hydrogen-bond donors (Lipinski definition) is 1. The Morgan fingerprint density at radius 1 is 1.36 bits per heavy atom. The van der Waals surface area contributed by atoms with Crippen molar-refractivity contribution in [1.29, 1.82) is 0 Å². The van der Waals surface area contributed by atoms with E-state index in [0.29, 0.717) is 18.5 Å². The Bertz CT molecular complexity index is 531. The lowest BCUT2D eigenvalue weighted by Gasteiger charge is -2.32. The maximum absolute atomic E-state index is 12.6. The van der Waals surface area contributed by atoms with Crippen molar-refractivity contribution in [3.05, 3.63) is 17.0 Å². The zero-order valence-electron chi connectivity index (χ0n) is 14.8. The van der Waals surface area contributed by atoms with Gasteiger partial charge in [-0.05, 0) is 46.5 Å². The molecule has 5 heteroatoms. The first-order chi connectivity index (χ1) is 10.4. The highest BCUT2D eigenvalue weighted by atomic mass is 16.2. The summed E-state index contributed by atoms with van der Waals surface area (Å²) < 4.78 is 1.99. The van der Waals surface area contributed by atoms with Crippen molar-refractivity contribution in [3.63, 3.8) is 0 Å². The molecule has 5 nitrogen and oxygen atoms in total. The quantitative estimate of drug-likeness (QED) is 0.877. The van der Waals surface area contributed by atoms with E-state index in [1.807, 2.05) is 16.5 Å². The molecule has 1 aromatic rings. The van der Waals surface area contributed by atoms with Gasteiger partial charge in [0.1, 0.15) is 0 Å². The second-order valence-corrected chi connectivity index (χ2v) is 6.75. The fourth-order valence-electron chi connectivity index (χ4n) is 2.91. The zero-order valence-corrected chi connectivity index (χ0v) is 14.8. The molecule has 0 radical (unpaired) electrons. The predicted octanol–water partition coefficient (Wildman–Crippen LogP) is 3.24. The van der Waals surface area contributed by atoms with Crippen LogP contribution in [0.15, 0.2) is 0 Å². The van der Waals surface area contributed by atoms with E-state index >= 15 is 0 Å². The van der Waals surface area contributed by atoms with E-state index in [1.165, 1.54) is 0 Å². The molecule has 1 aromatic heterocycles. The maximum Gasteiger partial charge on any atom is 0.318 e. The van der Waals surface area contributed by atoms with Crippen molar-refractivity contribution in [1.82, 2.24) is 20.0 Å². The van der Waals surface area contributed by atoms with Crippen molar-refractivity contribution in [2.45, 2.75) is 79.6 Å². The van der Waals surface area contributed by atoms with E-state index in [1.54, 1.807) is 0 Å². The first-order valence-corrected chi connectivity index (χ1v) is 8.45. The third-order valence-electron chi connectivity index (χ3n) is 4.83. The van der Waals surface area contributed by atoms with Crippen molar-refractivity contribution < 1.29 is 4.79 Å². The highest BCUT2D eigenvalue weighted by Gasteiger charge is 2.36. The van der Waals surface area contributed by atoms with Crippen molar-refractivity contribution in [3.8, 4) is 0 Å². The Balaban J connectivity index is 2.04. The van der Waals surface area contributed by atoms with Crippen molar-refractivity contribution >= 4 is 6.03 Å². The summed E-state index contributed by atoms with van der Waals surface area (Å²) in [6, 6.07) is 0.762. The minimum absolute atomic E-state index is 0.0618. The summed E-state index contributed by atoms with van der Waals surface area (Å²) in [5.74, 6) is 0.470. The normalized spacial score (nSPS) is 16.0. The Kier molecular flexibility index (Phi) is 5.14. The molecule has 0 bridgehead atoms. The number of rotatable bonds is 6. The van der Waals surface area contributed by atoms with Crippen LogP contribution in [0.4, 0.5) is 4.79 Å². The molecule has 0 saturated heterocycles. The molecule has 22 heavy (non-hydrogen) atoms. The number of nitrogens with one attached hydrogen (secondary N) is 1. The number of nitrogens with zero attached hydrogens (tertiary/aromatic N) is 3. The molecule has 0 unspecified atom stereocenters. The summed E-state index contributed by atoms with van der Waals surface area (Å²) in [5, 5.41) is 7.62. The lowest BCUT2D eigenvalue weighted by molar-refractivity contribution is 0.156. The van der Waals surface area contributed by atoms with Gasteiger partial charge in [0.25, 0.3) is 0 Å². The number of hydrogen-bond acceptors (Lipinski definition) is 2. The van der Waals surface area contributed by atoms with E-state index in [0.717, 1.165) is 36.3 Å². The van der Waals surface area contributed by atoms with Gasteiger partial charge in [-0.2, -0.15) is 5.10 Å². The van der Waals surface area contributed by atoms with Crippen LogP contribution in [0.2, 0.25) is 0 Å². The molecule has 1 aliphatic carbocycles. The summed E-state index contributed by atoms with van der Waals surface area (Å²) in [6.45, 7) is 14.1. The minimum atomic E-state index is 0.0618. The molecule has 1 aliphatic rings. The van der Waals surface area contributed by atoms with Crippen LogP contribution >= 0.6 is 0 Å². The van der Waals surface area contributed by atoms with Crippen LogP contribution in [-0.4, -0.2) is 32.8 Å². The predicted molar refractivity (Wildman–Crippen MR) is 88.8 cm³/mol. The molecule has 1 saturated carbocycles. The van der Waals surface area contributed by atoms with E-state index in [4.69, 9.17) is 0 Å².